The lowest BCUT2D eigenvalue weighted by molar-refractivity contribution is 0.151. The number of urea groups is 1. The van der Waals surface area contributed by atoms with E-state index in [4.69, 9.17) is 18.7 Å². The van der Waals surface area contributed by atoms with Crippen LogP contribution < -0.4 is 20.1 Å². The summed E-state index contributed by atoms with van der Waals surface area (Å²) >= 11 is 0. The Labute approximate surface area is 138 Å². The number of aryl methyl sites for hydroxylation is 1. The first-order chi connectivity index (χ1) is 11.7. The second-order valence-corrected chi connectivity index (χ2v) is 5.16. The second-order valence-electron chi connectivity index (χ2n) is 5.16. The van der Waals surface area contributed by atoms with Crippen molar-refractivity contribution in [1.29, 1.82) is 0 Å². The molecule has 0 atom stereocenters. The predicted octanol–water partition coefficient (Wildman–Crippen LogP) is 1.62. The Kier molecular flexibility index (Phi) is 4.80. The number of amides is 2. The molecular weight excluding hydrogens is 316 g/mol. The number of anilines is 1. The van der Waals surface area contributed by atoms with Crippen molar-refractivity contribution < 1.29 is 23.5 Å². The number of hydrogen-bond donors (Lipinski definition) is 2. The predicted molar refractivity (Wildman–Crippen MR) is 83.0 cm³/mol. The summed E-state index contributed by atoms with van der Waals surface area (Å²) in [6.45, 7) is 3.26. The van der Waals surface area contributed by atoms with Crippen molar-refractivity contribution in [3.05, 3.63) is 29.4 Å². The van der Waals surface area contributed by atoms with Crippen molar-refractivity contribution >= 4 is 11.7 Å². The van der Waals surface area contributed by atoms with Gasteiger partial charge in [0.2, 0.25) is 0 Å². The Morgan fingerprint density at radius 2 is 2.04 bits per heavy atom. The fourth-order valence-corrected chi connectivity index (χ4v) is 2.19. The molecule has 0 saturated heterocycles. The zero-order valence-corrected chi connectivity index (χ0v) is 13.4. The monoisotopic (exact) mass is 334 g/mol. The normalized spacial score (nSPS) is 12.8. The van der Waals surface area contributed by atoms with Crippen molar-refractivity contribution in [2.75, 3.05) is 25.6 Å². The Hall–Kier alpha value is -2.81. The molecule has 1 aliphatic heterocycles. The number of ether oxygens (including phenoxy) is 3. The Morgan fingerprint density at radius 1 is 1.29 bits per heavy atom. The number of rotatable bonds is 5. The van der Waals surface area contributed by atoms with Crippen LogP contribution in [0.3, 0.4) is 0 Å². The number of benzene rings is 1. The maximum Gasteiger partial charge on any atom is 0.319 e. The van der Waals surface area contributed by atoms with E-state index in [0.717, 1.165) is 5.56 Å². The smallest absolute Gasteiger partial charge is 0.319 e. The first-order valence-electron chi connectivity index (χ1n) is 7.41. The SMILES string of the molecule is COCc1nc(CNC(=O)Nc2cc3c(cc2C)OCCO3)no1. The van der Waals surface area contributed by atoms with Crippen LogP contribution in [0.15, 0.2) is 16.7 Å². The number of carbonyl (C=O) groups is 1. The zero-order chi connectivity index (χ0) is 16.9. The average molecular weight is 334 g/mol. The van der Waals surface area contributed by atoms with E-state index in [1.54, 1.807) is 6.07 Å². The number of carbonyl (C=O) groups excluding carboxylic acids is 1. The van der Waals surface area contributed by atoms with Crippen LogP contribution >= 0.6 is 0 Å². The molecule has 3 rings (SSSR count). The van der Waals surface area contributed by atoms with E-state index < -0.39 is 0 Å². The Balaban J connectivity index is 1.58. The minimum absolute atomic E-state index is 0.142. The zero-order valence-electron chi connectivity index (χ0n) is 13.4. The first kappa shape index (κ1) is 16.1. The number of nitrogens with one attached hydrogen (secondary N) is 2. The summed E-state index contributed by atoms with van der Waals surface area (Å²) in [7, 11) is 1.53. The van der Waals surface area contributed by atoms with Crippen molar-refractivity contribution in [2.45, 2.75) is 20.1 Å². The summed E-state index contributed by atoms with van der Waals surface area (Å²) in [6.07, 6.45) is 0. The number of methoxy groups -OCH3 is 1. The van der Waals surface area contributed by atoms with Crippen LogP contribution in [-0.4, -0.2) is 36.5 Å². The third kappa shape index (κ3) is 3.74. The van der Waals surface area contributed by atoms with Crippen LogP contribution in [0.4, 0.5) is 10.5 Å². The maximum atomic E-state index is 12.0. The van der Waals surface area contributed by atoms with Gasteiger partial charge in [0.1, 0.15) is 19.8 Å². The third-order valence-electron chi connectivity index (χ3n) is 3.32. The molecule has 1 aromatic heterocycles. The molecule has 0 unspecified atom stereocenters. The van der Waals surface area contributed by atoms with Gasteiger partial charge >= 0.3 is 6.03 Å². The van der Waals surface area contributed by atoms with E-state index in [2.05, 4.69) is 20.8 Å². The molecule has 9 heteroatoms. The quantitative estimate of drug-likeness (QED) is 0.855. The van der Waals surface area contributed by atoms with Gasteiger partial charge in [-0.2, -0.15) is 4.98 Å². The fraction of sp³-hybridized carbons (Fsp3) is 0.400. The molecule has 0 aliphatic carbocycles. The topological polar surface area (TPSA) is 108 Å². The van der Waals surface area contributed by atoms with Gasteiger partial charge in [-0.1, -0.05) is 5.16 Å². The van der Waals surface area contributed by atoms with E-state index in [1.165, 1.54) is 7.11 Å². The summed E-state index contributed by atoms with van der Waals surface area (Å²) in [5.41, 5.74) is 1.52. The van der Waals surface area contributed by atoms with Crippen LogP contribution in [0.2, 0.25) is 0 Å². The molecule has 0 fully saturated rings. The van der Waals surface area contributed by atoms with E-state index in [0.29, 0.717) is 42.1 Å². The van der Waals surface area contributed by atoms with Crippen molar-refractivity contribution in [1.82, 2.24) is 15.5 Å². The van der Waals surface area contributed by atoms with Gasteiger partial charge in [0.25, 0.3) is 5.89 Å². The molecule has 0 spiro atoms. The lowest BCUT2D eigenvalue weighted by Crippen LogP contribution is -2.29. The molecular formula is C15H18N4O5. The molecule has 2 amide bonds. The summed E-state index contributed by atoms with van der Waals surface area (Å²) in [5, 5.41) is 9.17. The van der Waals surface area contributed by atoms with Gasteiger partial charge in [-0.15, -0.1) is 0 Å². The van der Waals surface area contributed by atoms with Crippen LogP contribution in [0.25, 0.3) is 0 Å². The highest BCUT2D eigenvalue weighted by Crippen LogP contribution is 2.35. The maximum absolute atomic E-state index is 12.0. The number of aromatic nitrogens is 2. The van der Waals surface area contributed by atoms with Crippen LogP contribution in [-0.2, 0) is 17.9 Å². The molecule has 1 aliphatic rings. The molecule has 0 bridgehead atoms. The van der Waals surface area contributed by atoms with Crippen LogP contribution in [0, 0.1) is 6.92 Å². The summed E-state index contributed by atoms with van der Waals surface area (Å²) in [4.78, 5) is 16.1. The molecule has 1 aromatic carbocycles. The van der Waals surface area contributed by atoms with E-state index in [1.807, 2.05) is 13.0 Å². The van der Waals surface area contributed by atoms with Crippen LogP contribution in [0.5, 0.6) is 11.5 Å². The van der Waals surface area contributed by atoms with Crippen LogP contribution in [0.1, 0.15) is 17.3 Å². The fourth-order valence-electron chi connectivity index (χ4n) is 2.19. The molecule has 0 saturated carbocycles. The molecule has 2 aromatic rings. The van der Waals surface area contributed by atoms with Gasteiger partial charge in [-0.3, -0.25) is 0 Å². The van der Waals surface area contributed by atoms with Gasteiger partial charge in [0, 0.05) is 18.9 Å². The minimum atomic E-state index is -0.382. The summed E-state index contributed by atoms with van der Waals surface area (Å²) < 4.78 is 20.9. The summed E-state index contributed by atoms with van der Waals surface area (Å²) in [6, 6.07) is 3.20. The highest BCUT2D eigenvalue weighted by atomic mass is 16.6. The number of nitrogens with zero attached hydrogens (tertiary/aromatic N) is 2. The standard InChI is InChI=1S/C15H18N4O5/c1-9-5-11-12(23-4-3-22-11)6-10(9)17-15(20)16-7-13-18-14(8-21-2)24-19-13/h5-6H,3-4,7-8H2,1-2H3,(H2,16,17,20). The van der Waals surface area contributed by atoms with Gasteiger partial charge in [-0.25, -0.2) is 4.79 Å². The number of fused-ring (bicyclic) bond motifs is 1. The van der Waals surface area contributed by atoms with Crippen molar-refractivity contribution in [2.24, 2.45) is 0 Å². The number of hydrogen-bond acceptors (Lipinski definition) is 7. The van der Waals surface area contributed by atoms with Gasteiger partial charge in [0.15, 0.2) is 17.3 Å². The van der Waals surface area contributed by atoms with Crippen molar-refractivity contribution in [3.8, 4) is 11.5 Å². The minimum Gasteiger partial charge on any atom is -0.486 e. The average Bonchev–Trinajstić information content (AvgIpc) is 3.02. The third-order valence-corrected chi connectivity index (χ3v) is 3.32. The Morgan fingerprint density at radius 3 is 2.79 bits per heavy atom. The largest absolute Gasteiger partial charge is 0.486 e. The van der Waals surface area contributed by atoms with Gasteiger partial charge in [-0.05, 0) is 18.6 Å². The molecule has 24 heavy (non-hydrogen) atoms. The molecule has 2 heterocycles. The second kappa shape index (κ2) is 7.18. The Bertz CT molecular complexity index is 731. The summed E-state index contributed by atoms with van der Waals surface area (Å²) in [5.74, 6) is 2.03. The van der Waals surface area contributed by atoms with Gasteiger partial charge in [0.05, 0.1) is 6.54 Å². The van der Waals surface area contributed by atoms with E-state index in [-0.39, 0.29) is 19.2 Å². The van der Waals surface area contributed by atoms with Crippen molar-refractivity contribution in [3.63, 3.8) is 0 Å². The molecule has 9 nitrogen and oxygen atoms in total. The lowest BCUT2D eigenvalue weighted by Gasteiger charge is -2.20. The van der Waals surface area contributed by atoms with E-state index >= 15 is 0 Å². The molecule has 0 radical (unpaired) electrons. The molecule has 2 N–H and O–H groups in total. The van der Waals surface area contributed by atoms with Gasteiger partial charge < -0.3 is 29.4 Å². The molecule has 128 valence electrons. The highest BCUT2D eigenvalue weighted by Gasteiger charge is 2.15. The first-order valence-corrected chi connectivity index (χ1v) is 7.41. The van der Waals surface area contributed by atoms with E-state index in [9.17, 15) is 4.79 Å². The lowest BCUT2D eigenvalue weighted by atomic mass is 10.1. The highest BCUT2D eigenvalue weighted by molar-refractivity contribution is 5.90.